The van der Waals surface area contributed by atoms with Crippen LogP contribution < -0.4 is 4.90 Å². The van der Waals surface area contributed by atoms with Gasteiger partial charge < -0.3 is 4.90 Å². The van der Waals surface area contributed by atoms with Gasteiger partial charge in [-0.05, 0) is 38.6 Å². The summed E-state index contributed by atoms with van der Waals surface area (Å²) in [7, 11) is 2.02. The SMILES string of the molecule is Cc1ccc(N2CC[C@@H](N(C)CCn3cccn3)C2=O)cc1. The first kappa shape index (κ1) is 14.8. The van der Waals surface area contributed by atoms with Gasteiger partial charge in [-0.2, -0.15) is 5.10 Å². The van der Waals surface area contributed by atoms with Crippen molar-refractivity contribution in [1.29, 1.82) is 0 Å². The van der Waals surface area contributed by atoms with Crippen molar-refractivity contribution >= 4 is 11.6 Å². The highest BCUT2D eigenvalue weighted by atomic mass is 16.2. The van der Waals surface area contributed by atoms with Crippen LogP contribution in [0.3, 0.4) is 0 Å². The Morgan fingerprint density at radius 2 is 2.09 bits per heavy atom. The van der Waals surface area contributed by atoms with Gasteiger partial charge in [0.2, 0.25) is 5.91 Å². The lowest BCUT2D eigenvalue weighted by Gasteiger charge is -2.23. The highest BCUT2D eigenvalue weighted by molar-refractivity contribution is 5.99. The lowest BCUT2D eigenvalue weighted by molar-refractivity contribution is -0.121. The van der Waals surface area contributed by atoms with Crippen molar-refractivity contribution in [3.63, 3.8) is 0 Å². The highest BCUT2D eigenvalue weighted by Gasteiger charge is 2.34. The minimum atomic E-state index is -0.0307. The first-order chi connectivity index (χ1) is 10.6. The second kappa shape index (κ2) is 6.32. The van der Waals surface area contributed by atoms with Gasteiger partial charge in [-0.25, -0.2) is 0 Å². The summed E-state index contributed by atoms with van der Waals surface area (Å²) in [6.45, 7) is 4.47. The van der Waals surface area contributed by atoms with Crippen LogP contribution in [0.4, 0.5) is 5.69 Å². The molecule has 0 bridgehead atoms. The summed E-state index contributed by atoms with van der Waals surface area (Å²) in [5, 5.41) is 4.20. The summed E-state index contributed by atoms with van der Waals surface area (Å²) in [4.78, 5) is 16.7. The van der Waals surface area contributed by atoms with Crippen molar-refractivity contribution in [1.82, 2.24) is 14.7 Å². The molecule has 0 spiro atoms. The maximum atomic E-state index is 12.7. The molecule has 3 rings (SSSR count). The summed E-state index contributed by atoms with van der Waals surface area (Å²) < 4.78 is 1.90. The molecule has 0 aliphatic carbocycles. The molecule has 5 heteroatoms. The smallest absolute Gasteiger partial charge is 0.244 e. The predicted molar refractivity (Wildman–Crippen MR) is 86.8 cm³/mol. The molecule has 1 aromatic heterocycles. The molecule has 5 nitrogen and oxygen atoms in total. The maximum absolute atomic E-state index is 12.7. The van der Waals surface area contributed by atoms with Gasteiger partial charge in [0.15, 0.2) is 0 Å². The Morgan fingerprint density at radius 3 is 2.77 bits per heavy atom. The number of hydrogen-bond donors (Lipinski definition) is 0. The lowest BCUT2D eigenvalue weighted by atomic mass is 10.2. The molecule has 1 atom stereocenters. The Bertz CT molecular complexity index is 621. The van der Waals surface area contributed by atoms with Crippen LogP contribution in [-0.2, 0) is 11.3 Å². The molecule has 0 radical (unpaired) electrons. The van der Waals surface area contributed by atoms with E-state index in [1.807, 2.05) is 41.0 Å². The Hall–Kier alpha value is -2.14. The van der Waals surface area contributed by atoms with Gasteiger partial charge >= 0.3 is 0 Å². The zero-order valence-electron chi connectivity index (χ0n) is 13.1. The van der Waals surface area contributed by atoms with Crippen LogP contribution in [0.2, 0.25) is 0 Å². The summed E-state index contributed by atoms with van der Waals surface area (Å²) in [6, 6.07) is 10.0. The minimum absolute atomic E-state index is 0.0307. The van der Waals surface area contributed by atoms with E-state index in [1.165, 1.54) is 5.56 Å². The maximum Gasteiger partial charge on any atom is 0.244 e. The van der Waals surface area contributed by atoms with Crippen LogP contribution in [0, 0.1) is 6.92 Å². The molecular formula is C17H22N4O. The van der Waals surface area contributed by atoms with Gasteiger partial charge in [0, 0.05) is 31.2 Å². The first-order valence-electron chi connectivity index (χ1n) is 7.71. The van der Waals surface area contributed by atoms with Crippen LogP contribution >= 0.6 is 0 Å². The third-order valence-corrected chi connectivity index (χ3v) is 4.30. The first-order valence-corrected chi connectivity index (χ1v) is 7.71. The van der Waals surface area contributed by atoms with Gasteiger partial charge in [-0.1, -0.05) is 17.7 Å². The fraction of sp³-hybridized carbons (Fsp3) is 0.412. The van der Waals surface area contributed by atoms with Crippen molar-refractivity contribution in [2.75, 3.05) is 25.0 Å². The molecule has 2 heterocycles. The zero-order valence-corrected chi connectivity index (χ0v) is 13.1. The van der Waals surface area contributed by atoms with Crippen molar-refractivity contribution in [3.8, 4) is 0 Å². The van der Waals surface area contributed by atoms with E-state index in [0.717, 1.165) is 31.7 Å². The minimum Gasteiger partial charge on any atom is -0.311 e. The molecule has 1 saturated heterocycles. The van der Waals surface area contributed by atoms with Crippen LogP contribution in [0.25, 0.3) is 0 Å². The molecule has 1 fully saturated rings. The number of hydrogen-bond acceptors (Lipinski definition) is 3. The predicted octanol–water partition coefficient (Wildman–Crippen LogP) is 1.93. The average molecular weight is 298 g/mol. The topological polar surface area (TPSA) is 41.4 Å². The molecule has 1 aromatic carbocycles. The molecule has 0 saturated carbocycles. The van der Waals surface area contributed by atoms with Crippen LogP contribution in [0.15, 0.2) is 42.7 Å². The normalized spacial score (nSPS) is 18.4. The van der Waals surface area contributed by atoms with E-state index in [2.05, 4.69) is 29.1 Å². The summed E-state index contributed by atoms with van der Waals surface area (Å²) in [5.41, 5.74) is 2.21. The lowest BCUT2D eigenvalue weighted by Crippen LogP contribution is -2.41. The number of aryl methyl sites for hydroxylation is 1. The molecule has 2 aromatic rings. The number of carbonyl (C=O) groups excluding carboxylic acids is 1. The standard InChI is InChI=1S/C17H22N4O/c1-14-4-6-15(7-5-14)21-11-8-16(17(21)22)19(2)12-13-20-10-3-9-18-20/h3-7,9-10,16H,8,11-13H2,1-2H3/t16-/m1/s1. The number of benzene rings is 1. The van der Waals surface area contributed by atoms with Crippen molar-refractivity contribution in [2.24, 2.45) is 0 Å². The highest BCUT2D eigenvalue weighted by Crippen LogP contribution is 2.24. The molecule has 0 unspecified atom stereocenters. The second-order valence-corrected chi connectivity index (χ2v) is 5.88. The van der Waals surface area contributed by atoms with E-state index in [4.69, 9.17) is 0 Å². The fourth-order valence-electron chi connectivity index (χ4n) is 2.90. The van der Waals surface area contributed by atoms with Crippen LogP contribution in [0.5, 0.6) is 0 Å². The monoisotopic (exact) mass is 298 g/mol. The third kappa shape index (κ3) is 3.04. The number of nitrogens with zero attached hydrogens (tertiary/aromatic N) is 4. The number of rotatable bonds is 5. The van der Waals surface area contributed by atoms with Crippen molar-refractivity contribution in [3.05, 3.63) is 48.3 Å². The number of carbonyl (C=O) groups is 1. The second-order valence-electron chi connectivity index (χ2n) is 5.88. The Morgan fingerprint density at radius 1 is 1.32 bits per heavy atom. The van der Waals surface area contributed by atoms with E-state index < -0.39 is 0 Å². The Kier molecular flexibility index (Phi) is 4.24. The molecule has 1 aliphatic rings. The van der Waals surface area contributed by atoms with Gasteiger partial charge in [0.25, 0.3) is 0 Å². The number of aromatic nitrogens is 2. The molecule has 22 heavy (non-hydrogen) atoms. The van der Waals surface area contributed by atoms with E-state index >= 15 is 0 Å². The summed E-state index contributed by atoms with van der Waals surface area (Å²) in [6.07, 6.45) is 4.60. The fourth-order valence-corrected chi connectivity index (χ4v) is 2.90. The largest absolute Gasteiger partial charge is 0.311 e. The van der Waals surface area contributed by atoms with Gasteiger partial charge in [-0.15, -0.1) is 0 Å². The van der Waals surface area contributed by atoms with E-state index in [9.17, 15) is 4.79 Å². The molecule has 1 aliphatic heterocycles. The van der Waals surface area contributed by atoms with Crippen molar-refractivity contribution < 1.29 is 4.79 Å². The zero-order chi connectivity index (χ0) is 15.5. The van der Waals surface area contributed by atoms with Crippen LogP contribution in [0.1, 0.15) is 12.0 Å². The number of anilines is 1. The van der Waals surface area contributed by atoms with E-state index in [1.54, 1.807) is 6.20 Å². The molecular weight excluding hydrogens is 276 g/mol. The van der Waals surface area contributed by atoms with E-state index in [-0.39, 0.29) is 11.9 Å². The third-order valence-electron chi connectivity index (χ3n) is 4.30. The molecule has 116 valence electrons. The molecule has 1 amide bonds. The summed E-state index contributed by atoms with van der Waals surface area (Å²) >= 11 is 0. The average Bonchev–Trinajstić information content (AvgIpc) is 3.15. The number of amides is 1. The van der Waals surface area contributed by atoms with E-state index in [0.29, 0.717) is 0 Å². The van der Waals surface area contributed by atoms with Crippen LogP contribution in [-0.4, -0.2) is 46.8 Å². The van der Waals surface area contributed by atoms with Gasteiger partial charge in [0.05, 0.1) is 12.6 Å². The Labute approximate surface area is 131 Å². The quantitative estimate of drug-likeness (QED) is 0.847. The Balaban J connectivity index is 1.61. The van der Waals surface area contributed by atoms with Gasteiger partial charge in [0.1, 0.15) is 0 Å². The van der Waals surface area contributed by atoms with Gasteiger partial charge in [-0.3, -0.25) is 14.4 Å². The molecule has 0 N–H and O–H groups in total. The summed E-state index contributed by atoms with van der Waals surface area (Å²) in [5.74, 6) is 0.201. The van der Waals surface area contributed by atoms with Crippen molar-refractivity contribution in [2.45, 2.75) is 25.9 Å². The number of likely N-dealkylation sites (N-methyl/N-ethyl adjacent to an activating group) is 1.